The van der Waals surface area contributed by atoms with E-state index in [1.165, 1.54) is 0 Å². The zero-order chi connectivity index (χ0) is 35.1. The highest BCUT2D eigenvalue weighted by molar-refractivity contribution is 6.30. The Morgan fingerprint density at radius 2 is 1.67 bits per heavy atom. The van der Waals surface area contributed by atoms with Gasteiger partial charge in [0.25, 0.3) is 0 Å². The summed E-state index contributed by atoms with van der Waals surface area (Å²) < 4.78 is 6.26. The van der Waals surface area contributed by atoms with Crippen molar-refractivity contribution >= 4 is 46.3 Å². The minimum absolute atomic E-state index is 0.0521. The first kappa shape index (κ1) is 36.1. The average molecular weight is 692 g/mol. The van der Waals surface area contributed by atoms with Crippen molar-refractivity contribution in [2.45, 2.75) is 94.9 Å². The second-order valence-corrected chi connectivity index (χ2v) is 14.4. The zero-order valence-corrected chi connectivity index (χ0v) is 28.7. The normalized spacial score (nSPS) is 19.3. The van der Waals surface area contributed by atoms with Crippen molar-refractivity contribution in [3.05, 3.63) is 82.9 Å². The second-order valence-electron chi connectivity index (χ2n) is 14.0. The van der Waals surface area contributed by atoms with Crippen LogP contribution in [0.3, 0.4) is 0 Å². The number of aliphatic carboxylic acids is 1. The first-order valence-electron chi connectivity index (χ1n) is 17.1. The van der Waals surface area contributed by atoms with Gasteiger partial charge in [-0.3, -0.25) is 9.59 Å². The molecule has 2 aliphatic rings. The molecule has 0 aromatic heterocycles. The van der Waals surface area contributed by atoms with Gasteiger partial charge < -0.3 is 30.9 Å². The van der Waals surface area contributed by atoms with Crippen molar-refractivity contribution in [3.8, 4) is 0 Å². The molecular weight excluding hydrogens is 646 g/mol. The number of rotatable bonds is 13. The number of aliphatic hydroxyl groups is 1. The highest BCUT2D eigenvalue weighted by Gasteiger charge is 2.39. The topological polar surface area (TPSA) is 154 Å². The molecule has 49 heavy (non-hydrogen) atoms. The van der Waals surface area contributed by atoms with E-state index in [0.717, 1.165) is 54.0 Å². The molecule has 2 fully saturated rings. The number of alkyl carbamates (subject to hydrolysis) is 1. The van der Waals surface area contributed by atoms with E-state index in [-0.39, 0.29) is 18.2 Å². The van der Waals surface area contributed by atoms with Crippen molar-refractivity contribution in [1.82, 2.24) is 16.0 Å². The number of carboxylic acids is 1. The third-order valence-electron chi connectivity index (χ3n) is 10.1. The highest BCUT2D eigenvalue weighted by Crippen LogP contribution is 2.41. The van der Waals surface area contributed by atoms with Crippen molar-refractivity contribution in [3.63, 3.8) is 0 Å². The van der Waals surface area contributed by atoms with Crippen LogP contribution in [0.1, 0.15) is 82.4 Å². The Hall–Kier alpha value is -4.15. The molecule has 0 bridgehead atoms. The van der Waals surface area contributed by atoms with Gasteiger partial charge in [-0.05, 0) is 65.3 Å². The van der Waals surface area contributed by atoms with Crippen LogP contribution in [0.15, 0.2) is 66.7 Å². The molecule has 262 valence electrons. The third-order valence-corrected chi connectivity index (χ3v) is 10.3. The molecule has 11 heteroatoms. The Bertz CT molecular complexity index is 1660. The van der Waals surface area contributed by atoms with Gasteiger partial charge in [0, 0.05) is 22.9 Å². The van der Waals surface area contributed by atoms with E-state index in [1.54, 1.807) is 6.07 Å². The molecule has 0 radical (unpaired) electrons. The first-order chi connectivity index (χ1) is 23.4. The average Bonchev–Trinajstić information content (AvgIpc) is 3.50. The van der Waals surface area contributed by atoms with Crippen molar-refractivity contribution in [1.29, 1.82) is 0 Å². The van der Waals surface area contributed by atoms with Gasteiger partial charge in [-0.15, -0.1) is 0 Å². The number of carboxylic acid groups (broad SMARTS) is 1. The predicted molar refractivity (Wildman–Crippen MR) is 187 cm³/mol. The monoisotopic (exact) mass is 691 g/mol. The predicted octanol–water partition coefficient (Wildman–Crippen LogP) is 6.03. The minimum atomic E-state index is -1.93. The number of fused-ring (bicyclic) bond motifs is 1. The molecule has 4 unspecified atom stereocenters. The Kier molecular flexibility index (Phi) is 11.8. The maximum atomic E-state index is 13.9. The lowest BCUT2D eigenvalue weighted by Gasteiger charge is -2.36. The van der Waals surface area contributed by atoms with Gasteiger partial charge in [0.2, 0.25) is 11.8 Å². The molecule has 1 heterocycles. The molecule has 1 aliphatic heterocycles. The van der Waals surface area contributed by atoms with Gasteiger partial charge in [-0.1, -0.05) is 106 Å². The molecule has 5 atom stereocenters. The molecule has 10 nitrogen and oxygen atoms in total. The summed E-state index contributed by atoms with van der Waals surface area (Å²) in [4.78, 5) is 51.9. The number of nitrogens with one attached hydrogen (secondary N) is 3. The Labute approximate surface area is 291 Å². The lowest BCUT2D eigenvalue weighted by Crippen LogP contribution is -2.55. The van der Waals surface area contributed by atoms with Crippen LogP contribution in [0.2, 0.25) is 5.02 Å². The number of carbonyl (C=O) groups excluding carboxylic acids is 3. The molecule has 1 saturated heterocycles. The maximum Gasteiger partial charge on any atom is 0.408 e. The number of amides is 3. The summed E-state index contributed by atoms with van der Waals surface area (Å²) in [5.74, 6) is -2.79. The SMILES string of the molecule is CC(C)(c1cccc(Cl)c1)C(OC(=O)NC(CC1CCCCC1)C(=O)NC(C[C@@H]1CCNC1=O)C(O)C(=O)O)c1ccc2ccccc2c1. The smallest absolute Gasteiger partial charge is 0.408 e. The van der Waals surface area contributed by atoms with E-state index in [2.05, 4.69) is 16.0 Å². The summed E-state index contributed by atoms with van der Waals surface area (Å²) in [6, 6.07) is 18.9. The van der Waals surface area contributed by atoms with Gasteiger partial charge in [0.15, 0.2) is 6.10 Å². The molecule has 1 saturated carbocycles. The molecular formula is C38H46ClN3O7. The third kappa shape index (κ3) is 9.10. The fraction of sp³-hybridized carbons (Fsp3) is 0.474. The molecule has 5 N–H and O–H groups in total. The van der Waals surface area contributed by atoms with Crippen LogP contribution >= 0.6 is 11.6 Å². The molecule has 1 aliphatic carbocycles. The van der Waals surface area contributed by atoms with E-state index in [4.69, 9.17) is 16.3 Å². The fourth-order valence-electron chi connectivity index (χ4n) is 7.21. The van der Waals surface area contributed by atoms with E-state index in [1.807, 2.05) is 74.5 Å². The van der Waals surface area contributed by atoms with E-state index >= 15 is 0 Å². The molecule has 3 amide bonds. The largest absolute Gasteiger partial charge is 0.479 e. The molecule has 5 rings (SSSR count). The fourth-order valence-corrected chi connectivity index (χ4v) is 7.40. The van der Waals surface area contributed by atoms with E-state index < -0.39 is 53.6 Å². The summed E-state index contributed by atoms with van der Waals surface area (Å²) >= 11 is 6.39. The quantitative estimate of drug-likeness (QED) is 0.147. The van der Waals surface area contributed by atoms with Crippen LogP contribution in [0, 0.1) is 11.8 Å². The van der Waals surface area contributed by atoms with Crippen LogP contribution in [-0.2, 0) is 24.5 Å². The summed E-state index contributed by atoms with van der Waals surface area (Å²) in [7, 11) is 0. The summed E-state index contributed by atoms with van der Waals surface area (Å²) in [6.45, 7) is 4.37. The highest BCUT2D eigenvalue weighted by atomic mass is 35.5. The number of hydrogen-bond acceptors (Lipinski definition) is 6. The number of carbonyl (C=O) groups is 4. The van der Waals surface area contributed by atoms with Gasteiger partial charge >= 0.3 is 12.1 Å². The lowest BCUT2D eigenvalue weighted by molar-refractivity contribution is -0.149. The van der Waals surface area contributed by atoms with Gasteiger partial charge in [0.1, 0.15) is 12.1 Å². The second kappa shape index (κ2) is 16.0. The van der Waals surface area contributed by atoms with Crippen molar-refractivity contribution in [2.75, 3.05) is 6.54 Å². The number of ether oxygens (including phenoxy) is 1. The summed E-state index contributed by atoms with van der Waals surface area (Å²) in [5, 5.41) is 30.9. The van der Waals surface area contributed by atoms with Gasteiger partial charge in [-0.2, -0.15) is 0 Å². The Balaban J connectivity index is 1.42. The standard InChI is InChI=1S/C38H46ClN3O7/c1-38(2,28-13-8-14-29(39)22-28)33(26-16-15-24-11-6-7-12-25(24)20-26)49-37(48)42-31(19-23-9-4-3-5-10-23)35(45)41-30(32(43)36(46)47)21-27-17-18-40-34(27)44/h6-8,11-16,20,22-23,27,30-33,43H,3-5,9-10,17-19,21H2,1-2H3,(H,40,44)(H,41,45)(H,42,48)(H,46,47)/t27-,30?,31?,32?,33?/m0/s1. The van der Waals surface area contributed by atoms with Crippen LogP contribution in [0.25, 0.3) is 10.8 Å². The van der Waals surface area contributed by atoms with Crippen molar-refractivity contribution < 1.29 is 34.1 Å². The Morgan fingerprint density at radius 1 is 0.939 bits per heavy atom. The minimum Gasteiger partial charge on any atom is -0.479 e. The summed E-state index contributed by atoms with van der Waals surface area (Å²) in [6.07, 6.45) is 2.11. The number of benzene rings is 3. The van der Waals surface area contributed by atoms with Crippen LogP contribution in [0.4, 0.5) is 4.79 Å². The maximum absolute atomic E-state index is 13.9. The van der Waals surface area contributed by atoms with Gasteiger partial charge in [0.05, 0.1) is 6.04 Å². The van der Waals surface area contributed by atoms with Crippen molar-refractivity contribution in [2.24, 2.45) is 11.8 Å². The summed E-state index contributed by atoms with van der Waals surface area (Å²) in [5.41, 5.74) is 0.847. The molecule has 3 aromatic carbocycles. The van der Waals surface area contributed by atoms with Crippen LogP contribution in [-0.4, -0.2) is 58.8 Å². The zero-order valence-electron chi connectivity index (χ0n) is 28.0. The molecule has 0 spiro atoms. The van der Waals surface area contributed by atoms with Crippen LogP contribution in [0.5, 0.6) is 0 Å². The number of halogens is 1. The van der Waals surface area contributed by atoms with E-state index in [9.17, 15) is 29.4 Å². The molecule has 3 aromatic rings. The van der Waals surface area contributed by atoms with Gasteiger partial charge in [-0.25, -0.2) is 9.59 Å². The first-order valence-corrected chi connectivity index (χ1v) is 17.5. The van der Waals surface area contributed by atoms with E-state index in [0.29, 0.717) is 24.4 Å². The number of aliphatic hydroxyl groups excluding tert-OH is 1. The van der Waals surface area contributed by atoms with Crippen LogP contribution < -0.4 is 16.0 Å². The lowest BCUT2D eigenvalue weighted by atomic mass is 9.76. The number of hydrogen-bond donors (Lipinski definition) is 5. The Morgan fingerprint density at radius 3 is 2.35 bits per heavy atom.